The van der Waals surface area contributed by atoms with Crippen molar-refractivity contribution in [1.82, 2.24) is 4.57 Å². The van der Waals surface area contributed by atoms with Gasteiger partial charge in [-0.15, -0.1) is 0 Å². The Kier molecular flexibility index (Phi) is 7.54. The number of aromatic nitrogens is 1. The minimum atomic E-state index is 0.889. The minimum Gasteiger partial charge on any atom is -0.456 e. The van der Waals surface area contributed by atoms with Gasteiger partial charge in [0.05, 0.1) is 11.0 Å². The SMILES string of the molecule is c1cc(-c2cc3ccccc3c3ccccc23)cc(N(c2cccc(-c3cccc4oc5ccccc5c34)c2)c2cccc(-n3c4ccccc4c4ccccc43)c2)c1. The maximum Gasteiger partial charge on any atom is 0.136 e. The highest BCUT2D eigenvalue weighted by atomic mass is 16.3. The molecule has 0 N–H and O–H groups in total. The van der Waals surface area contributed by atoms with Gasteiger partial charge >= 0.3 is 0 Å². The fourth-order valence-electron chi connectivity index (χ4n) is 9.35. The van der Waals surface area contributed by atoms with Crippen molar-refractivity contribution in [2.75, 3.05) is 4.90 Å². The number of anilines is 3. The van der Waals surface area contributed by atoms with Crippen molar-refractivity contribution in [3.63, 3.8) is 0 Å². The zero-order chi connectivity index (χ0) is 38.9. The molecular formula is C56H36N2O. The van der Waals surface area contributed by atoms with E-state index in [4.69, 9.17) is 4.42 Å². The largest absolute Gasteiger partial charge is 0.456 e. The number of fused-ring (bicyclic) bond motifs is 9. The van der Waals surface area contributed by atoms with Crippen molar-refractivity contribution in [1.29, 1.82) is 0 Å². The summed E-state index contributed by atoms with van der Waals surface area (Å²) in [5, 5.41) is 9.74. The summed E-state index contributed by atoms with van der Waals surface area (Å²) in [5.41, 5.74) is 13.1. The molecule has 0 aliphatic heterocycles. The summed E-state index contributed by atoms with van der Waals surface area (Å²) >= 11 is 0. The van der Waals surface area contributed by atoms with Crippen LogP contribution in [0.15, 0.2) is 223 Å². The molecule has 0 aliphatic carbocycles. The third kappa shape index (κ3) is 5.36. The molecule has 0 spiro atoms. The average molecular weight is 753 g/mol. The summed E-state index contributed by atoms with van der Waals surface area (Å²) in [7, 11) is 0. The summed E-state index contributed by atoms with van der Waals surface area (Å²) in [6.07, 6.45) is 0. The third-order valence-electron chi connectivity index (χ3n) is 11.9. The molecule has 59 heavy (non-hydrogen) atoms. The van der Waals surface area contributed by atoms with Crippen LogP contribution < -0.4 is 4.90 Å². The highest BCUT2D eigenvalue weighted by Crippen LogP contribution is 2.43. The van der Waals surface area contributed by atoms with Crippen molar-refractivity contribution >= 4 is 82.4 Å². The lowest BCUT2D eigenvalue weighted by Gasteiger charge is -2.27. The van der Waals surface area contributed by atoms with Gasteiger partial charge in [-0.3, -0.25) is 0 Å². The number of benzene rings is 10. The van der Waals surface area contributed by atoms with Crippen LogP contribution in [-0.2, 0) is 0 Å². The van der Waals surface area contributed by atoms with Crippen LogP contribution in [-0.4, -0.2) is 4.57 Å². The van der Waals surface area contributed by atoms with Gasteiger partial charge in [0.25, 0.3) is 0 Å². The molecule has 0 radical (unpaired) electrons. The third-order valence-corrected chi connectivity index (χ3v) is 11.9. The Bertz CT molecular complexity index is 3540. The molecular weight excluding hydrogens is 717 g/mol. The van der Waals surface area contributed by atoms with Crippen molar-refractivity contribution in [3.05, 3.63) is 218 Å². The number of rotatable bonds is 6. The molecule has 12 rings (SSSR count). The lowest BCUT2D eigenvalue weighted by molar-refractivity contribution is 0.669. The molecule has 0 atom stereocenters. The molecule has 276 valence electrons. The Hall–Kier alpha value is -7.88. The van der Waals surface area contributed by atoms with Gasteiger partial charge in [-0.2, -0.15) is 0 Å². The van der Waals surface area contributed by atoms with Gasteiger partial charge in [-0.05, 0) is 117 Å². The van der Waals surface area contributed by atoms with Crippen LogP contribution in [0.3, 0.4) is 0 Å². The van der Waals surface area contributed by atoms with Crippen LogP contribution in [0.25, 0.3) is 93.2 Å². The van der Waals surface area contributed by atoms with E-state index in [1.807, 2.05) is 12.1 Å². The lowest BCUT2D eigenvalue weighted by atomic mass is 9.93. The molecule has 12 aromatic rings. The van der Waals surface area contributed by atoms with E-state index in [1.54, 1.807) is 0 Å². The normalized spacial score (nSPS) is 11.7. The lowest BCUT2D eigenvalue weighted by Crippen LogP contribution is -2.11. The number of nitrogens with zero attached hydrogens (tertiary/aromatic N) is 2. The molecule has 3 heteroatoms. The average Bonchev–Trinajstić information content (AvgIpc) is 3.85. The van der Waals surface area contributed by atoms with E-state index in [9.17, 15) is 0 Å². The standard InChI is InChI=1S/C56H36N2O/c1-2-22-44-39(15-1)35-51(47-24-4-3-23-46(44)47)38-17-12-19-41(34-38)57(40-18-11-16-37(33-40)45-28-14-32-55-56(45)50-27-7-10-31-54(50)59-55)42-20-13-21-43(36-42)58-52-29-8-5-25-48(52)49-26-6-9-30-53(49)58/h1-36H. The molecule has 0 saturated carbocycles. The van der Waals surface area contributed by atoms with Crippen LogP contribution in [0, 0.1) is 0 Å². The van der Waals surface area contributed by atoms with E-state index in [0.717, 1.165) is 55.8 Å². The van der Waals surface area contributed by atoms with Crippen LogP contribution in [0.5, 0.6) is 0 Å². The van der Waals surface area contributed by atoms with Gasteiger partial charge in [0.15, 0.2) is 0 Å². The van der Waals surface area contributed by atoms with Crippen molar-refractivity contribution in [3.8, 4) is 27.9 Å². The molecule has 0 amide bonds. The summed E-state index contributed by atoms with van der Waals surface area (Å²) in [5.74, 6) is 0. The molecule has 2 heterocycles. The predicted molar refractivity (Wildman–Crippen MR) is 249 cm³/mol. The van der Waals surface area contributed by atoms with Gasteiger partial charge in [-0.25, -0.2) is 0 Å². The summed E-state index contributed by atoms with van der Waals surface area (Å²) in [6, 6.07) is 78.8. The van der Waals surface area contributed by atoms with Gasteiger partial charge in [0.1, 0.15) is 11.2 Å². The van der Waals surface area contributed by atoms with Crippen molar-refractivity contribution in [2.45, 2.75) is 0 Å². The second-order valence-electron chi connectivity index (χ2n) is 15.3. The van der Waals surface area contributed by atoms with Crippen LogP contribution >= 0.6 is 0 Å². The topological polar surface area (TPSA) is 21.3 Å². The van der Waals surface area contributed by atoms with E-state index >= 15 is 0 Å². The zero-order valence-electron chi connectivity index (χ0n) is 32.1. The number of furan rings is 1. The highest BCUT2D eigenvalue weighted by Gasteiger charge is 2.19. The van der Waals surface area contributed by atoms with Gasteiger partial charge < -0.3 is 13.9 Å². The smallest absolute Gasteiger partial charge is 0.136 e. The Balaban J connectivity index is 1.08. The summed E-state index contributed by atoms with van der Waals surface area (Å²) in [4.78, 5) is 2.40. The Morgan fingerprint density at radius 2 is 0.864 bits per heavy atom. The van der Waals surface area contributed by atoms with E-state index in [-0.39, 0.29) is 0 Å². The molecule has 0 fully saturated rings. The molecule has 0 aliphatic rings. The van der Waals surface area contributed by atoms with E-state index < -0.39 is 0 Å². The van der Waals surface area contributed by atoms with Crippen molar-refractivity contribution < 1.29 is 4.42 Å². The van der Waals surface area contributed by atoms with Crippen molar-refractivity contribution in [2.24, 2.45) is 0 Å². The highest BCUT2D eigenvalue weighted by molar-refractivity contribution is 6.15. The maximum absolute atomic E-state index is 6.34. The van der Waals surface area contributed by atoms with Gasteiger partial charge in [-0.1, -0.05) is 146 Å². The van der Waals surface area contributed by atoms with Crippen LogP contribution in [0.2, 0.25) is 0 Å². The van der Waals surface area contributed by atoms with Crippen LogP contribution in [0.1, 0.15) is 0 Å². The molecule has 0 bridgehead atoms. The quantitative estimate of drug-likeness (QED) is 0.158. The second-order valence-corrected chi connectivity index (χ2v) is 15.3. The van der Waals surface area contributed by atoms with E-state index in [0.29, 0.717) is 0 Å². The fraction of sp³-hybridized carbons (Fsp3) is 0. The molecule has 2 aromatic heterocycles. The van der Waals surface area contributed by atoms with E-state index in [2.05, 4.69) is 216 Å². The second kappa shape index (κ2) is 13.4. The first-order valence-electron chi connectivity index (χ1n) is 20.2. The predicted octanol–water partition coefficient (Wildman–Crippen LogP) is 15.8. The zero-order valence-corrected chi connectivity index (χ0v) is 32.1. The maximum atomic E-state index is 6.34. The van der Waals surface area contributed by atoms with E-state index in [1.165, 1.54) is 54.5 Å². The number of hydrogen-bond acceptors (Lipinski definition) is 2. The molecule has 3 nitrogen and oxygen atoms in total. The Labute approximate surface area is 341 Å². The molecule has 0 saturated heterocycles. The number of para-hydroxylation sites is 3. The summed E-state index contributed by atoms with van der Waals surface area (Å²) < 4.78 is 8.73. The Morgan fingerprint density at radius 3 is 1.59 bits per heavy atom. The monoisotopic (exact) mass is 752 g/mol. The summed E-state index contributed by atoms with van der Waals surface area (Å²) in [6.45, 7) is 0. The minimum absolute atomic E-state index is 0.889. The first kappa shape index (κ1) is 33.3. The fourth-order valence-corrected chi connectivity index (χ4v) is 9.35. The van der Waals surface area contributed by atoms with Gasteiger partial charge in [0, 0.05) is 44.3 Å². The first-order chi connectivity index (χ1) is 29.3. The number of hydrogen-bond donors (Lipinski definition) is 0. The first-order valence-corrected chi connectivity index (χ1v) is 20.2. The molecule has 0 unspecified atom stereocenters. The Morgan fingerprint density at radius 1 is 0.339 bits per heavy atom. The van der Waals surface area contributed by atoms with Crippen LogP contribution in [0.4, 0.5) is 17.1 Å². The van der Waals surface area contributed by atoms with Gasteiger partial charge in [0.2, 0.25) is 0 Å². The molecule has 10 aromatic carbocycles.